The van der Waals surface area contributed by atoms with Crippen LogP contribution in [0, 0.1) is 17.6 Å². The molecule has 2 aliphatic rings. The molecule has 20 heavy (non-hydrogen) atoms. The molecular formula is C15H20F2N2O. The van der Waals surface area contributed by atoms with E-state index in [9.17, 15) is 13.9 Å². The van der Waals surface area contributed by atoms with Gasteiger partial charge in [-0.25, -0.2) is 4.39 Å². The highest BCUT2D eigenvalue weighted by molar-refractivity contribution is 5.37. The molecule has 0 spiro atoms. The fourth-order valence-electron chi connectivity index (χ4n) is 3.26. The average Bonchev–Trinajstić information content (AvgIpc) is 2.42. The van der Waals surface area contributed by atoms with Crippen molar-refractivity contribution in [3.63, 3.8) is 0 Å². The van der Waals surface area contributed by atoms with Crippen molar-refractivity contribution in [3.05, 3.63) is 29.3 Å². The van der Waals surface area contributed by atoms with Crippen LogP contribution in [0.1, 0.15) is 30.9 Å². The summed E-state index contributed by atoms with van der Waals surface area (Å²) in [5.74, 6) is -2.19. The van der Waals surface area contributed by atoms with E-state index in [1.54, 1.807) is 6.07 Å². The summed E-state index contributed by atoms with van der Waals surface area (Å²) in [6, 6.07) is 2.66. The Hall–Kier alpha value is -1.20. The number of phenolic OH excluding ortho intramolecular Hbond substituents is 1. The van der Waals surface area contributed by atoms with Crippen molar-refractivity contribution in [1.29, 1.82) is 0 Å². The van der Waals surface area contributed by atoms with Gasteiger partial charge in [0.15, 0.2) is 11.6 Å². The van der Waals surface area contributed by atoms with Crippen LogP contribution in [-0.2, 0) is 0 Å². The number of piperazine rings is 1. The summed E-state index contributed by atoms with van der Waals surface area (Å²) in [5.41, 5.74) is 0.538. The number of benzene rings is 1. The van der Waals surface area contributed by atoms with Gasteiger partial charge < -0.3 is 10.4 Å². The fraction of sp³-hybridized carbons (Fsp3) is 0.600. The smallest absolute Gasteiger partial charge is 0.200 e. The van der Waals surface area contributed by atoms with Crippen LogP contribution in [0.3, 0.4) is 0 Å². The van der Waals surface area contributed by atoms with Crippen molar-refractivity contribution in [1.82, 2.24) is 10.2 Å². The third-order valence-corrected chi connectivity index (χ3v) is 4.56. The molecule has 3 rings (SSSR count). The van der Waals surface area contributed by atoms with E-state index in [1.165, 1.54) is 6.42 Å². The number of hydrogen-bond acceptors (Lipinski definition) is 3. The molecule has 1 aliphatic carbocycles. The Morgan fingerprint density at radius 2 is 1.90 bits per heavy atom. The first kappa shape index (κ1) is 13.8. The molecule has 2 fully saturated rings. The molecule has 1 heterocycles. The topological polar surface area (TPSA) is 35.5 Å². The molecule has 1 aromatic carbocycles. The summed E-state index contributed by atoms with van der Waals surface area (Å²) in [7, 11) is 0. The number of phenols is 1. The minimum absolute atomic E-state index is 0.000880. The number of hydrogen-bond donors (Lipinski definition) is 2. The van der Waals surface area contributed by atoms with Crippen molar-refractivity contribution in [3.8, 4) is 5.75 Å². The molecule has 3 nitrogen and oxygen atoms in total. The highest BCUT2D eigenvalue weighted by atomic mass is 19.2. The minimum Gasteiger partial charge on any atom is -0.505 e. The number of rotatable bonds is 3. The molecule has 0 unspecified atom stereocenters. The molecule has 2 N–H and O–H groups in total. The SMILES string of the molecule is Oc1c([C@@H](C2CCC2)N2CCNCC2)ccc(F)c1F. The van der Waals surface area contributed by atoms with Gasteiger partial charge in [-0.2, -0.15) is 4.39 Å². The van der Waals surface area contributed by atoms with Crippen LogP contribution < -0.4 is 5.32 Å². The van der Waals surface area contributed by atoms with Crippen LogP contribution in [0.4, 0.5) is 8.78 Å². The Morgan fingerprint density at radius 3 is 2.50 bits per heavy atom. The lowest BCUT2D eigenvalue weighted by molar-refractivity contribution is 0.0814. The molecule has 1 atom stereocenters. The first-order valence-electron chi connectivity index (χ1n) is 7.30. The molecule has 1 aromatic rings. The van der Waals surface area contributed by atoms with Gasteiger partial charge >= 0.3 is 0 Å². The maximum atomic E-state index is 13.6. The van der Waals surface area contributed by atoms with Gasteiger partial charge in [-0.05, 0) is 24.8 Å². The van der Waals surface area contributed by atoms with Gasteiger partial charge in [-0.3, -0.25) is 4.90 Å². The summed E-state index contributed by atoms with van der Waals surface area (Å²) in [4.78, 5) is 2.28. The summed E-state index contributed by atoms with van der Waals surface area (Å²) in [6.07, 6.45) is 3.36. The summed E-state index contributed by atoms with van der Waals surface area (Å²) in [5, 5.41) is 13.3. The Bertz CT molecular complexity index is 485. The second-order valence-electron chi connectivity index (χ2n) is 5.72. The van der Waals surface area contributed by atoms with Gasteiger partial charge in [0.05, 0.1) is 0 Å². The van der Waals surface area contributed by atoms with Crippen molar-refractivity contribution in [2.45, 2.75) is 25.3 Å². The van der Waals surface area contributed by atoms with Crippen LogP contribution in [0.15, 0.2) is 12.1 Å². The zero-order valence-corrected chi connectivity index (χ0v) is 11.4. The van der Waals surface area contributed by atoms with E-state index >= 15 is 0 Å². The van der Waals surface area contributed by atoms with Crippen molar-refractivity contribution in [2.75, 3.05) is 26.2 Å². The van der Waals surface area contributed by atoms with E-state index in [4.69, 9.17) is 0 Å². The van der Waals surface area contributed by atoms with Crippen molar-refractivity contribution < 1.29 is 13.9 Å². The van der Waals surface area contributed by atoms with Gasteiger partial charge in [0.25, 0.3) is 0 Å². The predicted molar refractivity (Wildman–Crippen MR) is 72.5 cm³/mol. The lowest BCUT2D eigenvalue weighted by Gasteiger charge is -2.43. The average molecular weight is 282 g/mol. The Balaban J connectivity index is 1.94. The molecule has 0 bridgehead atoms. The van der Waals surface area contributed by atoms with Gasteiger partial charge in [0.1, 0.15) is 0 Å². The number of nitrogens with one attached hydrogen (secondary N) is 1. The number of aromatic hydroxyl groups is 1. The molecule has 0 amide bonds. The van der Waals surface area contributed by atoms with Crippen molar-refractivity contribution >= 4 is 0 Å². The molecule has 1 saturated heterocycles. The van der Waals surface area contributed by atoms with Gasteiger partial charge in [-0.1, -0.05) is 12.5 Å². The van der Waals surface area contributed by atoms with E-state index in [0.29, 0.717) is 11.5 Å². The largest absolute Gasteiger partial charge is 0.505 e. The van der Waals surface area contributed by atoms with Gasteiger partial charge in [0.2, 0.25) is 5.82 Å². The van der Waals surface area contributed by atoms with E-state index in [1.807, 2.05) is 0 Å². The number of halogens is 2. The zero-order valence-electron chi connectivity index (χ0n) is 11.4. The summed E-state index contributed by atoms with van der Waals surface area (Å²) < 4.78 is 26.9. The van der Waals surface area contributed by atoms with Gasteiger partial charge in [0, 0.05) is 37.8 Å². The highest BCUT2D eigenvalue weighted by Gasteiger charge is 2.35. The third-order valence-electron chi connectivity index (χ3n) is 4.56. The number of nitrogens with zero attached hydrogens (tertiary/aromatic N) is 1. The Morgan fingerprint density at radius 1 is 1.20 bits per heavy atom. The maximum Gasteiger partial charge on any atom is 0.200 e. The highest BCUT2D eigenvalue weighted by Crippen LogP contribution is 2.44. The first-order chi connectivity index (χ1) is 9.68. The van der Waals surface area contributed by atoms with Gasteiger partial charge in [-0.15, -0.1) is 0 Å². The van der Waals surface area contributed by atoms with Crippen LogP contribution in [0.25, 0.3) is 0 Å². The monoisotopic (exact) mass is 282 g/mol. The second kappa shape index (κ2) is 5.66. The summed E-state index contributed by atoms with van der Waals surface area (Å²) in [6.45, 7) is 3.54. The van der Waals surface area contributed by atoms with E-state index in [0.717, 1.165) is 45.1 Å². The Kier molecular flexibility index (Phi) is 3.89. The summed E-state index contributed by atoms with van der Waals surface area (Å²) >= 11 is 0. The standard InChI is InChI=1S/C15H20F2N2O/c16-12-5-4-11(15(20)13(12)17)14(10-2-1-3-10)19-8-6-18-7-9-19/h4-5,10,14,18,20H,1-3,6-9H2/t14-/m1/s1. The lowest BCUT2D eigenvalue weighted by atomic mass is 9.76. The second-order valence-corrected chi connectivity index (χ2v) is 5.72. The molecule has 110 valence electrons. The molecular weight excluding hydrogens is 262 g/mol. The molecule has 1 saturated carbocycles. The van der Waals surface area contributed by atoms with Crippen molar-refractivity contribution in [2.24, 2.45) is 5.92 Å². The fourth-order valence-corrected chi connectivity index (χ4v) is 3.26. The third kappa shape index (κ3) is 2.40. The van der Waals surface area contributed by atoms with Crippen LogP contribution in [0.5, 0.6) is 5.75 Å². The normalized spacial score (nSPS) is 22.5. The lowest BCUT2D eigenvalue weighted by Crippen LogP contribution is -2.47. The van der Waals surface area contributed by atoms with Crippen LogP contribution in [0.2, 0.25) is 0 Å². The zero-order chi connectivity index (χ0) is 14.1. The minimum atomic E-state index is -1.12. The molecule has 0 radical (unpaired) electrons. The van der Waals surface area contributed by atoms with E-state index in [2.05, 4.69) is 10.2 Å². The van der Waals surface area contributed by atoms with Crippen LogP contribution >= 0.6 is 0 Å². The van der Waals surface area contributed by atoms with E-state index < -0.39 is 17.4 Å². The quantitative estimate of drug-likeness (QED) is 0.893. The van der Waals surface area contributed by atoms with Crippen LogP contribution in [-0.4, -0.2) is 36.2 Å². The maximum absolute atomic E-state index is 13.6. The molecule has 1 aliphatic heterocycles. The van der Waals surface area contributed by atoms with E-state index in [-0.39, 0.29) is 6.04 Å². The predicted octanol–water partition coefficient (Wildman–Crippen LogP) is 2.42. The molecule has 0 aromatic heterocycles. The molecule has 5 heteroatoms. The Labute approximate surface area is 117 Å². The first-order valence-corrected chi connectivity index (χ1v) is 7.30.